The molecule has 2 aromatic carbocycles. The number of hydrogen-bond acceptors (Lipinski definition) is 5. The molecule has 1 atom stereocenters. The highest BCUT2D eigenvalue weighted by Gasteiger charge is 2.24. The van der Waals surface area contributed by atoms with Gasteiger partial charge in [0.05, 0.1) is 16.5 Å². The number of aromatic carboxylic acids is 1. The average Bonchev–Trinajstić information content (AvgIpc) is 2.54. The van der Waals surface area contributed by atoms with Crippen molar-refractivity contribution in [1.29, 1.82) is 0 Å². The van der Waals surface area contributed by atoms with E-state index in [1.807, 2.05) is 6.07 Å². The number of non-ortho nitro benzene ring substituents is 1. The maximum atomic E-state index is 12.4. The topological polar surface area (TPSA) is 124 Å². The molecule has 0 radical (unpaired) electrons. The molecular formula is C16H14N2O5. The number of Topliss-reactive ketones (excluding diaryl/α,β-unsaturated/α-hetero) is 1. The van der Waals surface area contributed by atoms with Crippen LogP contribution in [0.15, 0.2) is 48.5 Å². The van der Waals surface area contributed by atoms with Gasteiger partial charge in [0.15, 0.2) is 5.78 Å². The van der Waals surface area contributed by atoms with E-state index >= 15 is 0 Å². The predicted octanol–water partition coefficient (Wildman–Crippen LogP) is 2.05. The summed E-state index contributed by atoms with van der Waals surface area (Å²) in [4.78, 5) is 33.7. The third-order valence-electron chi connectivity index (χ3n) is 3.35. The van der Waals surface area contributed by atoms with E-state index in [1.54, 1.807) is 24.3 Å². The quantitative estimate of drug-likeness (QED) is 0.478. The van der Waals surface area contributed by atoms with Crippen LogP contribution >= 0.6 is 0 Å². The van der Waals surface area contributed by atoms with Crippen molar-refractivity contribution in [2.75, 3.05) is 0 Å². The van der Waals surface area contributed by atoms with Crippen molar-refractivity contribution in [3.8, 4) is 0 Å². The molecule has 2 aromatic rings. The van der Waals surface area contributed by atoms with Crippen LogP contribution in [0.3, 0.4) is 0 Å². The van der Waals surface area contributed by atoms with Crippen LogP contribution in [0.25, 0.3) is 0 Å². The minimum atomic E-state index is -1.41. The van der Waals surface area contributed by atoms with Crippen LogP contribution < -0.4 is 5.73 Å². The Morgan fingerprint density at radius 2 is 1.78 bits per heavy atom. The number of carboxylic acids is 1. The number of nitrogens with two attached hydrogens (primary N) is 1. The third-order valence-corrected chi connectivity index (χ3v) is 3.35. The van der Waals surface area contributed by atoms with Gasteiger partial charge in [0.2, 0.25) is 0 Å². The first-order valence-corrected chi connectivity index (χ1v) is 6.75. The number of carbonyl (C=O) groups excluding carboxylic acids is 1. The molecule has 0 aliphatic heterocycles. The Bertz CT molecular complexity index is 758. The molecule has 7 heteroatoms. The van der Waals surface area contributed by atoms with Crippen LogP contribution in [0.2, 0.25) is 0 Å². The van der Waals surface area contributed by atoms with Crippen molar-refractivity contribution in [2.45, 2.75) is 12.5 Å². The predicted molar refractivity (Wildman–Crippen MR) is 82.5 cm³/mol. The second-order valence-electron chi connectivity index (χ2n) is 4.95. The number of nitro benzene ring substituents is 1. The summed E-state index contributed by atoms with van der Waals surface area (Å²) in [6, 6.07) is 11.2. The fourth-order valence-corrected chi connectivity index (χ4v) is 2.20. The van der Waals surface area contributed by atoms with E-state index in [2.05, 4.69) is 0 Å². The minimum Gasteiger partial charge on any atom is -0.478 e. The molecule has 0 aliphatic rings. The molecule has 0 saturated heterocycles. The van der Waals surface area contributed by atoms with Gasteiger partial charge in [-0.1, -0.05) is 30.3 Å². The Morgan fingerprint density at radius 1 is 1.13 bits per heavy atom. The molecule has 0 aromatic heterocycles. The Labute approximate surface area is 131 Å². The fraction of sp³-hybridized carbons (Fsp3) is 0.125. The Hall–Kier alpha value is -3.06. The SMILES string of the molecule is N[C@@H](Cc1ccccc1)C(=O)c1ccc([N+](=O)[O-])cc1C(=O)O. The number of benzene rings is 2. The molecule has 3 N–H and O–H groups in total. The zero-order chi connectivity index (χ0) is 17.0. The minimum absolute atomic E-state index is 0.133. The first kappa shape index (κ1) is 16.3. The molecule has 0 amide bonds. The van der Waals surface area contributed by atoms with Crippen LogP contribution in [0.4, 0.5) is 5.69 Å². The van der Waals surface area contributed by atoms with Crippen LogP contribution in [0, 0.1) is 10.1 Å². The standard InChI is InChI=1S/C16H14N2O5/c17-14(8-10-4-2-1-3-5-10)15(19)12-7-6-11(18(22)23)9-13(12)16(20)21/h1-7,9,14H,8,17H2,(H,20,21)/t14-/m0/s1. The highest BCUT2D eigenvalue weighted by molar-refractivity contribution is 6.08. The molecule has 0 bridgehead atoms. The molecule has 0 heterocycles. The molecule has 0 fully saturated rings. The van der Waals surface area contributed by atoms with Crippen molar-refractivity contribution in [3.63, 3.8) is 0 Å². The molecule has 0 saturated carbocycles. The zero-order valence-corrected chi connectivity index (χ0v) is 12.0. The van der Waals surface area contributed by atoms with Crippen molar-refractivity contribution < 1.29 is 19.6 Å². The summed E-state index contributed by atoms with van der Waals surface area (Å²) in [6.07, 6.45) is 0.246. The molecule has 0 aliphatic carbocycles. The smallest absolute Gasteiger partial charge is 0.336 e. The van der Waals surface area contributed by atoms with Gasteiger partial charge < -0.3 is 10.8 Å². The largest absolute Gasteiger partial charge is 0.478 e. The molecule has 118 valence electrons. The van der Waals surface area contributed by atoms with E-state index in [4.69, 9.17) is 5.73 Å². The number of carbonyl (C=O) groups is 2. The number of nitrogens with zero attached hydrogens (tertiary/aromatic N) is 1. The molecular weight excluding hydrogens is 300 g/mol. The number of nitro groups is 1. The molecule has 2 rings (SSSR count). The van der Waals surface area contributed by atoms with Gasteiger partial charge in [0, 0.05) is 17.7 Å². The monoisotopic (exact) mass is 314 g/mol. The lowest BCUT2D eigenvalue weighted by Gasteiger charge is -2.12. The molecule has 0 spiro atoms. The van der Waals surface area contributed by atoms with Gasteiger partial charge in [-0.3, -0.25) is 14.9 Å². The summed E-state index contributed by atoms with van der Waals surface area (Å²) in [6.45, 7) is 0. The van der Waals surface area contributed by atoms with Crippen LogP contribution in [-0.4, -0.2) is 27.8 Å². The molecule has 7 nitrogen and oxygen atoms in total. The number of carboxylic acid groups (broad SMARTS) is 1. The van der Waals surface area contributed by atoms with E-state index in [-0.39, 0.29) is 12.0 Å². The van der Waals surface area contributed by atoms with Crippen molar-refractivity contribution in [2.24, 2.45) is 5.73 Å². The summed E-state index contributed by atoms with van der Waals surface area (Å²) in [7, 11) is 0. The summed E-state index contributed by atoms with van der Waals surface area (Å²) in [5.74, 6) is -1.98. The highest BCUT2D eigenvalue weighted by Crippen LogP contribution is 2.20. The summed E-state index contributed by atoms with van der Waals surface area (Å²) in [5, 5.41) is 19.9. The third kappa shape index (κ3) is 3.78. The van der Waals surface area contributed by atoms with E-state index in [9.17, 15) is 24.8 Å². The van der Waals surface area contributed by atoms with Gasteiger partial charge in [0.1, 0.15) is 0 Å². The van der Waals surface area contributed by atoms with Gasteiger partial charge in [-0.15, -0.1) is 0 Å². The van der Waals surface area contributed by atoms with Crippen LogP contribution in [0.1, 0.15) is 26.3 Å². The average molecular weight is 314 g/mol. The van der Waals surface area contributed by atoms with Crippen LogP contribution in [0.5, 0.6) is 0 Å². The van der Waals surface area contributed by atoms with E-state index in [1.165, 1.54) is 0 Å². The van der Waals surface area contributed by atoms with E-state index < -0.39 is 34.0 Å². The first-order valence-electron chi connectivity index (χ1n) is 6.75. The molecule has 23 heavy (non-hydrogen) atoms. The lowest BCUT2D eigenvalue weighted by atomic mass is 9.95. The highest BCUT2D eigenvalue weighted by atomic mass is 16.6. The Kier molecular flexibility index (Phi) is 4.82. The lowest BCUT2D eigenvalue weighted by Crippen LogP contribution is -2.33. The van der Waals surface area contributed by atoms with Crippen molar-refractivity contribution in [1.82, 2.24) is 0 Å². The van der Waals surface area contributed by atoms with E-state index in [0.717, 1.165) is 23.8 Å². The lowest BCUT2D eigenvalue weighted by molar-refractivity contribution is -0.384. The van der Waals surface area contributed by atoms with E-state index in [0.29, 0.717) is 0 Å². The van der Waals surface area contributed by atoms with Crippen molar-refractivity contribution in [3.05, 3.63) is 75.3 Å². The second-order valence-corrected chi connectivity index (χ2v) is 4.95. The van der Waals surface area contributed by atoms with Crippen LogP contribution in [-0.2, 0) is 6.42 Å². The van der Waals surface area contributed by atoms with Gasteiger partial charge in [0.25, 0.3) is 5.69 Å². The van der Waals surface area contributed by atoms with Gasteiger partial charge in [-0.05, 0) is 18.1 Å². The van der Waals surface area contributed by atoms with Gasteiger partial charge in [-0.2, -0.15) is 0 Å². The van der Waals surface area contributed by atoms with Gasteiger partial charge in [-0.25, -0.2) is 4.79 Å². The summed E-state index contributed by atoms with van der Waals surface area (Å²) in [5.41, 5.74) is 5.76. The van der Waals surface area contributed by atoms with Crippen molar-refractivity contribution >= 4 is 17.4 Å². The normalized spacial score (nSPS) is 11.7. The molecule has 0 unspecified atom stereocenters. The summed E-state index contributed by atoms with van der Waals surface area (Å²) < 4.78 is 0. The number of hydrogen-bond donors (Lipinski definition) is 2. The summed E-state index contributed by atoms with van der Waals surface area (Å²) >= 11 is 0. The Balaban J connectivity index is 2.31. The first-order chi connectivity index (χ1) is 10.9. The maximum absolute atomic E-state index is 12.4. The number of ketones is 1. The zero-order valence-electron chi connectivity index (χ0n) is 12.0. The number of rotatable bonds is 6. The Morgan fingerprint density at radius 3 is 2.35 bits per heavy atom. The van der Waals surface area contributed by atoms with Gasteiger partial charge >= 0.3 is 5.97 Å². The second kappa shape index (κ2) is 6.80. The maximum Gasteiger partial charge on any atom is 0.336 e. The fourth-order valence-electron chi connectivity index (χ4n) is 2.20.